The van der Waals surface area contributed by atoms with Crippen LogP contribution in [-0.4, -0.2) is 24.6 Å². The molecule has 1 fully saturated rings. The van der Waals surface area contributed by atoms with Crippen LogP contribution in [0, 0.1) is 5.92 Å². The molecule has 0 saturated heterocycles. The van der Waals surface area contributed by atoms with E-state index in [9.17, 15) is 9.59 Å². The van der Waals surface area contributed by atoms with Gasteiger partial charge in [0.2, 0.25) is 0 Å². The van der Waals surface area contributed by atoms with E-state index in [4.69, 9.17) is 9.47 Å². The van der Waals surface area contributed by atoms with Crippen LogP contribution in [0.2, 0.25) is 0 Å². The number of unbranched alkanes of at least 4 members (excludes halogenated alkanes) is 9. The van der Waals surface area contributed by atoms with E-state index >= 15 is 0 Å². The summed E-state index contributed by atoms with van der Waals surface area (Å²) in [7, 11) is 0. The van der Waals surface area contributed by atoms with E-state index in [2.05, 4.69) is 13.8 Å². The first-order valence-corrected chi connectivity index (χ1v) is 11.2. The van der Waals surface area contributed by atoms with E-state index in [1.165, 1.54) is 69.9 Å². The Hall–Kier alpha value is -1.32. The molecule has 0 bridgehead atoms. The van der Waals surface area contributed by atoms with Gasteiger partial charge in [-0.15, -0.1) is 0 Å². The molecule has 0 N–H and O–H groups in total. The maximum Gasteiger partial charge on any atom is 0.331 e. The third kappa shape index (κ3) is 12.6. The monoisotopic (exact) mass is 380 g/mol. The molecule has 4 heteroatoms. The second-order valence-corrected chi connectivity index (χ2v) is 7.92. The summed E-state index contributed by atoms with van der Waals surface area (Å²) in [5, 5.41) is 0. The molecule has 1 saturated carbocycles. The van der Waals surface area contributed by atoms with Crippen molar-refractivity contribution in [1.29, 1.82) is 0 Å². The number of esters is 2. The molecule has 0 aliphatic heterocycles. The summed E-state index contributed by atoms with van der Waals surface area (Å²) < 4.78 is 10.6. The van der Waals surface area contributed by atoms with Crippen molar-refractivity contribution in [2.75, 3.05) is 6.61 Å². The minimum Gasteiger partial charge on any atom is -0.463 e. The lowest BCUT2D eigenvalue weighted by molar-refractivity contribution is -0.147. The van der Waals surface area contributed by atoms with Gasteiger partial charge < -0.3 is 9.47 Å². The smallest absolute Gasteiger partial charge is 0.331 e. The highest BCUT2D eigenvalue weighted by Gasteiger charge is 2.23. The molecule has 156 valence electrons. The summed E-state index contributed by atoms with van der Waals surface area (Å²) in [6.07, 6.45) is 19.2. The lowest BCUT2D eigenvalue weighted by Crippen LogP contribution is -2.27. The third-order valence-electron chi connectivity index (χ3n) is 5.40. The zero-order valence-corrected chi connectivity index (χ0v) is 17.5. The Balaban J connectivity index is 1.97. The fourth-order valence-electron chi connectivity index (χ4n) is 3.59. The van der Waals surface area contributed by atoms with Crippen molar-refractivity contribution < 1.29 is 19.1 Å². The highest BCUT2D eigenvalue weighted by molar-refractivity contribution is 5.91. The molecule has 0 aromatic heterocycles. The molecule has 27 heavy (non-hydrogen) atoms. The van der Waals surface area contributed by atoms with Crippen LogP contribution in [0.25, 0.3) is 0 Å². The molecule has 0 aromatic rings. The molecule has 0 aromatic carbocycles. The van der Waals surface area contributed by atoms with Gasteiger partial charge in [0.05, 0.1) is 6.61 Å². The Morgan fingerprint density at radius 1 is 0.815 bits per heavy atom. The van der Waals surface area contributed by atoms with Gasteiger partial charge in [-0.25, -0.2) is 9.59 Å². The molecule has 0 spiro atoms. The minimum absolute atomic E-state index is 0.0152. The van der Waals surface area contributed by atoms with Gasteiger partial charge in [0.15, 0.2) is 0 Å². The van der Waals surface area contributed by atoms with Crippen molar-refractivity contribution in [3.8, 4) is 0 Å². The van der Waals surface area contributed by atoms with Crippen LogP contribution in [0.15, 0.2) is 12.2 Å². The van der Waals surface area contributed by atoms with E-state index in [0.29, 0.717) is 12.5 Å². The summed E-state index contributed by atoms with van der Waals surface area (Å²) in [4.78, 5) is 23.5. The van der Waals surface area contributed by atoms with Crippen molar-refractivity contribution in [2.24, 2.45) is 5.92 Å². The zero-order chi connectivity index (χ0) is 19.7. The lowest BCUT2D eigenvalue weighted by Gasteiger charge is -2.27. The molecule has 4 nitrogen and oxygen atoms in total. The molecule has 1 rings (SSSR count). The summed E-state index contributed by atoms with van der Waals surface area (Å²) in [6, 6.07) is 0. The maximum atomic E-state index is 11.8. The predicted molar refractivity (Wildman–Crippen MR) is 109 cm³/mol. The van der Waals surface area contributed by atoms with Crippen LogP contribution in [0.3, 0.4) is 0 Å². The molecule has 0 radical (unpaired) electrons. The quantitative estimate of drug-likeness (QED) is 0.207. The van der Waals surface area contributed by atoms with Crippen LogP contribution < -0.4 is 0 Å². The zero-order valence-electron chi connectivity index (χ0n) is 17.5. The predicted octanol–water partition coefficient (Wildman–Crippen LogP) is 6.13. The highest BCUT2D eigenvalue weighted by atomic mass is 16.5. The van der Waals surface area contributed by atoms with Crippen molar-refractivity contribution in [2.45, 2.75) is 110 Å². The number of carbonyl (C=O) groups excluding carboxylic acids is 2. The topological polar surface area (TPSA) is 52.6 Å². The fourth-order valence-corrected chi connectivity index (χ4v) is 3.59. The Morgan fingerprint density at radius 2 is 1.37 bits per heavy atom. The van der Waals surface area contributed by atoms with E-state index in [0.717, 1.165) is 32.1 Å². The fraction of sp³-hybridized carbons (Fsp3) is 0.826. The minimum atomic E-state index is -0.459. The van der Waals surface area contributed by atoms with Crippen molar-refractivity contribution in [3.63, 3.8) is 0 Å². The molecular weight excluding hydrogens is 340 g/mol. The first-order chi connectivity index (χ1) is 13.1. The molecule has 2 atom stereocenters. The number of rotatable bonds is 14. The van der Waals surface area contributed by atoms with Crippen LogP contribution in [0.1, 0.15) is 104 Å². The summed E-state index contributed by atoms with van der Waals surface area (Å²) >= 11 is 0. The summed E-state index contributed by atoms with van der Waals surface area (Å²) in [5.41, 5.74) is 0. The largest absolute Gasteiger partial charge is 0.463 e. The second-order valence-electron chi connectivity index (χ2n) is 7.92. The van der Waals surface area contributed by atoms with Gasteiger partial charge in [0.25, 0.3) is 0 Å². The Bertz CT molecular complexity index is 430. The van der Waals surface area contributed by atoms with Crippen LogP contribution in [0.4, 0.5) is 0 Å². The average Bonchev–Trinajstić information content (AvgIpc) is 2.66. The number of hydrogen-bond donors (Lipinski definition) is 0. The molecule has 0 heterocycles. The van der Waals surface area contributed by atoms with Gasteiger partial charge in [-0.1, -0.05) is 78.1 Å². The number of carbonyl (C=O) groups is 2. The molecular formula is C23H40O4. The highest BCUT2D eigenvalue weighted by Crippen LogP contribution is 2.26. The number of ether oxygens (including phenoxy) is 2. The second kappa shape index (κ2) is 15.7. The summed E-state index contributed by atoms with van der Waals surface area (Å²) in [5.74, 6) is -0.497. The van der Waals surface area contributed by atoms with Gasteiger partial charge >= 0.3 is 11.9 Å². The van der Waals surface area contributed by atoms with Gasteiger partial charge in [-0.3, -0.25) is 0 Å². The first kappa shape index (κ1) is 23.7. The Morgan fingerprint density at radius 3 is 2.00 bits per heavy atom. The van der Waals surface area contributed by atoms with Gasteiger partial charge in [-0.05, 0) is 31.6 Å². The van der Waals surface area contributed by atoms with Crippen LogP contribution in [-0.2, 0) is 19.1 Å². The Labute approximate surface area is 166 Å². The van der Waals surface area contributed by atoms with Crippen molar-refractivity contribution in [3.05, 3.63) is 12.2 Å². The standard InChI is InChI=1S/C23H40O4/c1-3-4-5-6-7-8-9-10-11-14-19-26-22(24)17-18-23(25)27-21-16-13-12-15-20(21)2/h17-18,20-21H,3-16,19H2,1-2H3/b18-17+. The maximum absolute atomic E-state index is 11.8. The molecule has 1 aliphatic rings. The van der Waals surface area contributed by atoms with E-state index in [-0.39, 0.29) is 6.10 Å². The first-order valence-electron chi connectivity index (χ1n) is 11.2. The van der Waals surface area contributed by atoms with Crippen LogP contribution in [0.5, 0.6) is 0 Å². The van der Waals surface area contributed by atoms with E-state index in [1.54, 1.807) is 0 Å². The normalized spacial score (nSPS) is 19.9. The van der Waals surface area contributed by atoms with E-state index < -0.39 is 11.9 Å². The van der Waals surface area contributed by atoms with E-state index in [1.807, 2.05) is 0 Å². The number of hydrogen-bond acceptors (Lipinski definition) is 4. The molecule has 0 amide bonds. The van der Waals surface area contributed by atoms with Crippen LogP contribution >= 0.6 is 0 Å². The third-order valence-corrected chi connectivity index (χ3v) is 5.40. The lowest BCUT2D eigenvalue weighted by atomic mass is 9.88. The molecule has 2 unspecified atom stereocenters. The SMILES string of the molecule is CCCCCCCCCCCCOC(=O)/C=C/C(=O)OC1CCCCC1C. The van der Waals surface area contributed by atoms with Crippen molar-refractivity contribution >= 4 is 11.9 Å². The van der Waals surface area contributed by atoms with Crippen molar-refractivity contribution in [1.82, 2.24) is 0 Å². The average molecular weight is 381 g/mol. The molecule has 1 aliphatic carbocycles. The summed E-state index contributed by atoms with van der Waals surface area (Å²) in [6.45, 7) is 4.78. The van der Waals surface area contributed by atoms with Gasteiger partial charge in [0, 0.05) is 12.2 Å². The van der Waals surface area contributed by atoms with Gasteiger partial charge in [-0.2, -0.15) is 0 Å². The van der Waals surface area contributed by atoms with Gasteiger partial charge in [0.1, 0.15) is 6.10 Å². The Kier molecular flexibility index (Phi) is 13.8.